The van der Waals surface area contributed by atoms with Crippen LogP contribution in [0.4, 0.5) is 11.4 Å². The zero-order valence-electron chi connectivity index (χ0n) is 55.8. The molecule has 0 spiro atoms. The number of carbonyl (C=O) groups excluding carboxylic acids is 4. The van der Waals surface area contributed by atoms with Crippen LogP contribution in [0.15, 0.2) is 121 Å². The van der Waals surface area contributed by atoms with E-state index in [-0.39, 0.29) is 54.6 Å². The number of nitrogens with one attached hydrogen (secondary N) is 1. The number of hydrogen-bond donors (Lipinski definition) is 2. The number of benzene rings is 4. The number of unbranched alkanes of at least 4 members (excludes halogenated alkanes) is 5. The van der Waals surface area contributed by atoms with E-state index in [2.05, 4.69) is 164 Å². The van der Waals surface area contributed by atoms with Gasteiger partial charge in [0.25, 0.3) is 10.1 Å². The third kappa shape index (κ3) is 19.3. The van der Waals surface area contributed by atoms with Crippen molar-refractivity contribution in [1.29, 1.82) is 0 Å². The average molecular weight is 1240 g/mol. The third-order valence-corrected chi connectivity index (χ3v) is 18.7. The van der Waals surface area contributed by atoms with Crippen LogP contribution in [0.2, 0.25) is 0 Å². The number of allylic oxidation sites excluding steroid dienone is 8. The Morgan fingerprint density at radius 2 is 1.24 bits per heavy atom. The number of esters is 3. The molecule has 2 aliphatic rings. The van der Waals surface area contributed by atoms with Crippen molar-refractivity contribution in [1.82, 2.24) is 10.2 Å². The first kappa shape index (κ1) is 71.7. The van der Waals surface area contributed by atoms with Crippen LogP contribution in [0.25, 0.3) is 21.5 Å². The molecule has 2 N–H and O–H groups in total. The van der Waals surface area contributed by atoms with Crippen molar-refractivity contribution in [2.45, 2.75) is 184 Å². The second kappa shape index (κ2) is 32.5. The maximum Gasteiger partial charge on any atom is 0.311 e. The minimum atomic E-state index is -4.04. The molecule has 4 aromatic rings. The fourth-order valence-electron chi connectivity index (χ4n) is 12.9. The molecule has 89 heavy (non-hydrogen) atoms. The van der Waals surface area contributed by atoms with Gasteiger partial charge < -0.3 is 24.4 Å². The normalized spacial score (nSPS) is 16.1. The molecule has 0 saturated heterocycles. The Hall–Kier alpha value is -6.42. The summed E-state index contributed by atoms with van der Waals surface area (Å²) < 4.78 is 52.2. The zero-order valence-corrected chi connectivity index (χ0v) is 56.6. The van der Waals surface area contributed by atoms with Crippen molar-refractivity contribution in [2.24, 2.45) is 16.2 Å². The fraction of sp³-hybridized carbons (Fsp3) is 0.554. The van der Waals surface area contributed by atoms with Crippen LogP contribution < -0.4 is 10.2 Å². The molecule has 14 nitrogen and oxygen atoms in total. The Bertz CT molecular complexity index is 3340. The van der Waals surface area contributed by atoms with Crippen LogP contribution in [-0.4, -0.2) is 117 Å². The van der Waals surface area contributed by atoms with Crippen LogP contribution in [0.5, 0.6) is 0 Å². The lowest BCUT2D eigenvalue weighted by atomic mass is 9.69. The summed E-state index contributed by atoms with van der Waals surface area (Å²) in [6, 6.07) is 25.7. The summed E-state index contributed by atoms with van der Waals surface area (Å²) in [5, 5.41) is 7.74. The van der Waals surface area contributed by atoms with Gasteiger partial charge in [-0.25, -0.2) is 0 Å². The third-order valence-electron chi connectivity index (χ3n) is 17.9. The van der Waals surface area contributed by atoms with E-state index < -0.39 is 38.3 Å². The number of hydrogen-bond acceptors (Lipinski definition) is 11. The number of amides is 1. The first-order valence-electron chi connectivity index (χ1n) is 32.9. The molecule has 486 valence electrons. The highest BCUT2D eigenvalue weighted by Gasteiger charge is 2.47. The summed E-state index contributed by atoms with van der Waals surface area (Å²) in [6.07, 6.45) is 24.2. The van der Waals surface area contributed by atoms with E-state index in [9.17, 15) is 32.1 Å². The van der Waals surface area contributed by atoms with E-state index in [0.717, 1.165) is 69.5 Å². The molecule has 2 heterocycles. The SMILES string of the molecule is CCCCN(CCCC)CCOC(=O)C(C)(CCC(C)(C)C(=O)OCCNC(=O)CCCCC[N+]1=C(C=CC=CC=CC=C2N(CCCCS(=O)(=O)O)c3ccc4ccccc4c3C2(C)C)C(C)(C)c2c1ccc1ccccc21)CC(C)(C)C(=O)OCCC. The molecule has 1 unspecified atom stereocenters. The van der Waals surface area contributed by atoms with Crippen LogP contribution in [0.1, 0.15) is 184 Å². The molecule has 0 saturated carbocycles. The molecular weight excluding hydrogens is 1140 g/mol. The maximum atomic E-state index is 14.1. The van der Waals surface area contributed by atoms with Crippen molar-refractivity contribution in [2.75, 3.05) is 69.7 Å². The molecule has 0 bridgehead atoms. The van der Waals surface area contributed by atoms with Crippen molar-refractivity contribution in [3.05, 3.63) is 132 Å². The minimum absolute atomic E-state index is 0.0145. The van der Waals surface area contributed by atoms with Crippen molar-refractivity contribution in [3.8, 4) is 0 Å². The predicted octanol–water partition coefficient (Wildman–Crippen LogP) is 15.2. The maximum absolute atomic E-state index is 14.1. The minimum Gasteiger partial charge on any atom is -0.465 e. The number of carbonyl (C=O) groups is 4. The molecule has 15 heteroatoms. The van der Waals surface area contributed by atoms with Crippen molar-refractivity contribution < 1.29 is 50.9 Å². The Kier molecular flexibility index (Phi) is 26.2. The molecule has 2 aliphatic heterocycles. The molecule has 0 fully saturated rings. The largest absolute Gasteiger partial charge is 0.465 e. The number of anilines is 1. The second-order valence-electron chi connectivity index (χ2n) is 27.1. The number of ether oxygens (including phenoxy) is 3. The highest BCUT2D eigenvalue weighted by molar-refractivity contribution is 7.85. The highest BCUT2D eigenvalue weighted by Crippen LogP contribution is 2.51. The lowest BCUT2D eigenvalue weighted by molar-refractivity contribution is -0.438. The summed E-state index contributed by atoms with van der Waals surface area (Å²) in [4.78, 5) is 58.7. The standard InChI is InChI=1S/C74H104N4O10S/c1-13-16-46-76(47-17-14-2)50-53-88-69(82)74(12,55-71(6,7)68(81)86-51-15-3)44-43-70(4,5)67(80)87-52-45-75-64(79)38-24-21-29-48-77-60-41-39-56-32-25-27-34-58(56)65(60)72(8,9)62(77)36-22-19-18-20-23-37-63-73(10,11)66-59-35-28-26-33-57(59)40-42-61(66)78(63)49-30-31-54-89(83,84)85/h18-20,22-23,25-28,32-37,39-42H,13-17,21,24,29-31,38,43-55H2,1-12H3,(H-,75,79,83,84,85)/p+1. The van der Waals surface area contributed by atoms with Crippen LogP contribution >= 0.6 is 0 Å². The topological polar surface area (TPSA) is 172 Å². The first-order valence-corrected chi connectivity index (χ1v) is 34.5. The van der Waals surface area contributed by atoms with E-state index >= 15 is 0 Å². The monoisotopic (exact) mass is 1240 g/mol. The van der Waals surface area contributed by atoms with E-state index in [1.54, 1.807) is 27.7 Å². The summed E-state index contributed by atoms with van der Waals surface area (Å²) in [6.45, 7) is 29.0. The van der Waals surface area contributed by atoms with E-state index in [0.29, 0.717) is 64.6 Å². The Morgan fingerprint density at radius 3 is 1.90 bits per heavy atom. The van der Waals surface area contributed by atoms with Gasteiger partial charge in [-0.15, -0.1) is 0 Å². The van der Waals surface area contributed by atoms with Gasteiger partial charge in [-0.1, -0.05) is 132 Å². The highest BCUT2D eigenvalue weighted by atomic mass is 32.2. The second-order valence-corrected chi connectivity index (χ2v) is 28.7. The molecule has 1 amide bonds. The molecule has 6 rings (SSSR count). The average Bonchev–Trinajstić information content (AvgIpc) is 1.88. The fourth-order valence-corrected chi connectivity index (χ4v) is 13.4. The molecular formula is C74H105N4O10S+. The molecule has 0 aromatic heterocycles. The predicted molar refractivity (Wildman–Crippen MR) is 363 cm³/mol. The van der Waals surface area contributed by atoms with Gasteiger partial charge >= 0.3 is 17.9 Å². The van der Waals surface area contributed by atoms with Crippen LogP contribution in [-0.2, 0) is 54.3 Å². The smallest absolute Gasteiger partial charge is 0.311 e. The van der Waals surface area contributed by atoms with Gasteiger partial charge in [-0.2, -0.15) is 13.0 Å². The van der Waals surface area contributed by atoms with Crippen molar-refractivity contribution >= 4 is 72.6 Å². The summed E-state index contributed by atoms with van der Waals surface area (Å²) in [7, 11) is -4.04. The van der Waals surface area contributed by atoms with Gasteiger partial charge in [0.1, 0.15) is 19.8 Å². The quantitative estimate of drug-likeness (QED) is 0.0109. The molecule has 1 atom stereocenters. The Labute approximate surface area is 533 Å². The van der Waals surface area contributed by atoms with E-state index in [1.165, 1.54) is 44.1 Å². The van der Waals surface area contributed by atoms with Gasteiger partial charge in [-0.3, -0.25) is 28.6 Å². The zero-order chi connectivity index (χ0) is 65.0. The van der Waals surface area contributed by atoms with Gasteiger partial charge in [0.15, 0.2) is 5.71 Å². The first-order chi connectivity index (χ1) is 42.2. The van der Waals surface area contributed by atoms with Gasteiger partial charge in [0, 0.05) is 60.4 Å². The molecule has 4 aromatic carbocycles. The molecule has 0 radical (unpaired) electrons. The van der Waals surface area contributed by atoms with E-state index in [4.69, 9.17) is 14.2 Å². The Morgan fingerprint density at radius 1 is 0.629 bits per heavy atom. The number of nitrogens with zero attached hydrogens (tertiary/aromatic N) is 3. The molecule has 0 aliphatic carbocycles. The van der Waals surface area contributed by atoms with Crippen molar-refractivity contribution in [3.63, 3.8) is 0 Å². The number of rotatable bonds is 37. The van der Waals surface area contributed by atoms with Crippen LogP contribution in [0.3, 0.4) is 0 Å². The summed E-state index contributed by atoms with van der Waals surface area (Å²) in [5.41, 5.74) is 3.54. The summed E-state index contributed by atoms with van der Waals surface area (Å²) in [5.74, 6) is -1.55. The van der Waals surface area contributed by atoms with Crippen LogP contribution in [0, 0.1) is 16.2 Å². The Balaban J connectivity index is 1.03. The lowest BCUT2D eigenvalue weighted by Crippen LogP contribution is -2.41. The van der Waals surface area contributed by atoms with Gasteiger partial charge in [-0.05, 0) is 171 Å². The van der Waals surface area contributed by atoms with Gasteiger partial charge in [0.05, 0.1) is 40.6 Å². The summed E-state index contributed by atoms with van der Waals surface area (Å²) >= 11 is 0. The number of fused-ring (bicyclic) bond motifs is 6. The van der Waals surface area contributed by atoms with Gasteiger partial charge in [0.2, 0.25) is 11.6 Å². The lowest BCUT2D eigenvalue weighted by Gasteiger charge is -2.36. The van der Waals surface area contributed by atoms with E-state index in [1.807, 2.05) is 26.0 Å².